The van der Waals surface area contributed by atoms with Crippen molar-refractivity contribution in [2.24, 2.45) is 5.16 Å². The Morgan fingerprint density at radius 1 is 1.52 bits per heavy atom. The highest BCUT2D eigenvalue weighted by Gasteiger charge is 2.54. The van der Waals surface area contributed by atoms with Crippen molar-refractivity contribution in [3.05, 3.63) is 34.0 Å². The number of halogens is 1. The van der Waals surface area contributed by atoms with Crippen LogP contribution in [-0.2, 0) is 14.4 Å². The number of fused-ring (bicyclic) bond motifs is 1. The van der Waals surface area contributed by atoms with Gasteiger partial charge in [0.15, 0.2) is 10.8 Å². The first-order valence-corrected chi connectivity index (χ1v) is 9.67. The van der Waals surface area contributed by atoms with Crippen molar-refractivity contribution in [1.29, 1.82) is 0 Å². The topological polar surface area (TPSA) is 158 Å². The molecule has 27 heavy (non-hydrogen) atoms. The largest absolute Gasteiger partial charge is 0.477 e. The molecule has 0 spiro atoms. The molecule has 5 N–H and O–H groups in total. The number of nitrogens with zero attached hydrogens (tertiary/aromatic N) is 3. The van der Waals surface area contributed by atoms with Gasteiger partial charge < -0.3 is 21.4 Å². The van der Waals surface area contributed by atoms with Gasteiger partial charge in [0.2, 0.25) is 0 Å². The van der Waals surface area contributed by atoms with Crippen molar-refractivity contribution in [2.75, 3.05) is 11.5 Å². The zero-order chi connectivity index (χ0) is 19.7. The fourth-order valence-electron chi connectivity index (χ4n) is 2.67. The second-order valence-corrected chi connectivity index (χ2v) is 7.60. The molecule has 142 valence electrons. The molecule has 0 aromatic carbocycles. The number of β-lactam (4-membered cyclic amide) rings is 1. The predicted molar refractivity (Wildman–Crippen MR) is 99.5 cm³/mol. The lowest BCUT2D eigenvalue weighted by molar-refractivity contribution is -0.150. The van der Waals surface area contributed by atoms with Crippen LogP contribution in [0.4, 0.5) is 5.13 Å². The van der Waals surface area contributed by atoms with E-state index in [4.69, 9.17) is 22.5 Å². The fourth-order valence-corrected chi connectivity index (χ4v) is 4.68. The van der Waals surface area contributed by atoms with Crippen LogP contribution in [0.3, 0.4) is 0 Å². The number of rotatable bonds is 5. The van der Waals surface area contributed by atoms with E-state index >= 15 is 0 Å². The lowest BCUT2D eigenvalue weighted by Crippen LogP contribution is -2.71. The van der Waals surface area contributed by atoms with E-state index in [1.807, 2.05) is 0 Å². The third-order valence-electron chi connectivity index (χ3n) is 3.83. The van der Waals surface area contributed by atoms with Crippen LogP contribution < -0.4 is 11.1 Å². The number of nitrogens with one attached hydrogen (secondary N) is 1. The van der Waals surface area contributed by atoms with E-state index < -0.39 is 34.9 Å². The fraction of sp³-hybridized carbons (Fsp3) is 0.214. The van der Waals surface area contributed by atoms with Gasteiger partial charge >= 0.3 is 5.97 Å². The molecule has 2 aliphatic heterocycles. The molecule has 3 rings (SSSR count). The second kappa shape index (κ2) is 7.58. The minimum absolute atomic E-state index is 0.0677. The SMILES string of the molecule is Nc1nc(C(=NO)C(=O)NC2C(=O)N3C(C(=O)O)=C(/C=C/Cl)CS[C@H]23)cs1. The molecule has 2 amide bonds. The molecule has 2 atom stereocenters. The summed E-state index contributed by atoms with van der Waals surface area (Å²) in [7, 11) is 0. The van der Waals surface area contributed by atoms with Gasteiger partial charge in [-0.1, -0.05) is 16.8 Å². The van der Waals surface area contributed by atoms with E-state index in [2.05, 4.69) is 15.5 Å². The molecule has 1 fully saturated rings. The minimum atomic E-state index is -1.27. The smallest absolute Gasteiger partial charge is 0.352 e. The third-order valence-corrected chi connectivity index (χ3v) is 5.93. The van der Waals surface area contributed by atoms with Gasteiger partial charge in [-0.15, -0.1) is 23.1 Å². The van der Waals surface area contributed by atoms with Gasteiger partial charge in [0.1, 0.15) is 22.8 Å². The van der Waals surface area contributed by atoms with E-state index in [-0.39, 0.29) is 16.5 Å². The van der Waals surface area contributed by atoms with E-state index in [9.17, 15) is 19.5 Å². The summed E-state index contributed by atoms with van der Waals surface area (Å²) >= 11 is 7.86. The van der Waals surface area contributed by atoms with E-state index in [0.29, 0.717) is 11.3 Å². The minimum Gasteiger partial charge on any atom is -0.477 e. The molecule has 0 bridgehead atoms. The number of oxime groups is 1. The number of allylic oxidation sites excluding steroid dienone is 1. The van der Waals surface area contributed by atoms with E-state index in [1.165, 1.54) is 28.8 Å². The Kier molecular flexibility index (Phi) is 5.39. The molecule has 3 heterocycles. The van der Waals surface area contributed by atoms with Crippen LogP contribution in [0.2, 0.25) is 0 Å². The Hall–Kier alpha value is -2.57. The number of anilines is 1. The molecule has 1 aromatic rings. The predicted octanol–water partition coefficient (Wildman–Crippen LogP) is 0.395. The maximum Gasteiger partial charge on any atom is 0.352 e. The van der Waals surface area contributed by atoms with Crippen molar-refractivity contribution >= 4 is 63.3 Å². The molecule has 10 nitrogen and oxygen atoms in total. The highest BCUT2D eigenvalue weighted by molar-refractivity contribution is 8.00. The van der Waals surface area contributed by atoms with Crippen molar-refractivity contribution in [1.82, 2.24) is 15.2 Å². The van der Waals surface area contributed by atoms with Gasteiger partial charge in [-0.25, -0.2) is 9.78 Å². The lowest BCUT2D eigenvalue weighted by Gasteiger charge is -2.49. The second-order valence-electron chi connectivity index (χ2n) is 5.35. The van der Waals surface area contributed by atoms with E-state index in [1.54, 1.807) is 0 Å². The van der Waals surface area contributed by atoms with Gasteiger partial charge in [-0.2, -0.15) is 0 Å². The first kappa shape index (κ1) is 19.2. The summed E-state index contributed by atoms with van der Waals surface area (Å²) in [5, 5.41) is 24.9. The average Bonchev–Trinajstić information content (AvgIpc) is 3.05. The highest BCUT2D eigenvalue weighted by atomic mass is 35.5. The Bertz CT molecular complexity index is 911. The number of aromatic nitrogens is 1. The Morgan fingerprint density at radius 3 is 2.81 bits per heavy atom. The van der Waals surface area contributed by atoms with Gasteiger partial charge in [0.25, 0.3) is 11.8 Å². The summed E-state index contributed by atoms with van der Waals surface area (Å²) in [6, 6.07) is -0.967. The van der Waals surface area contributed by atoms with Gasteiger partial charge in [0, 0.05) is 16.7 Å². The maximum absolute atomic E-state index is 12.5. The number of carbonyl (C=O) groups excluding carboxylic acids is 2. The molecule has 0 aliphatic carbocycles. The number of thiazole rings is 1. The Morgan fingerprint density at radius 2 is 2.26 bits per heavy atom. The van der Waals surface area contributed by atoms with Gasteiger partial charge in [-0.05, 0) is 11.6 Å². The number of carboxylic acids is 1. The molecule has 2 aliphatic rings. The zero-order valence-electron chi connectivity index (χ0n) is 13.3. The standard InChI is InChI=1S/C14H12ClN5O5S2/c15-2-1-5-3-26-12-8(11(22)20(12)9(5)13(23)24)18-10(21)7(19-25)6-4-27-14(16)17-6/h1-2,4,8,12,25H,3H2,(H2,16,17)(H,18,21)(H,23,24)/b2-1+,19-7?/t8?,12-/m1/s1. The number of nitrogen functional groups attached to an aromatic ring is 1. The summed E-state index contributed by atoms with van der Waals surface area (Å²) in [5.41, 5.74) is 6.57. The summed E-state index contributed by atoms with van der Waals surface area (Å²) in [6.45, 7) is 0. The van der Waals surface area contributed by atoms with Gasteiger partial charge in [-0.3, -0.25) is 14.5 Å². The molecule has 0 saturated carbocycles. The molecule has 1 unspecified atom stereocenters. The highest BCUT2D eigenvalue weighted by Crippen LogP contribution is 2.40. The number of aliphatic carboxylic acids is 1. The average molecular weight is 430 g/mol. The van der Waals surface area contributed by atoms with Crippen LogP contribution in [0.15, 0.2) is 33.4 Å². The van der Waals surface area contributed by atoms with Crippen molar-refractivity contribution in [2.45, 2.75) is 11.4 Å². The summed E-state index contributed by atoms with van der Waals surface area (Å²) < 4.78 is 0. The molecular formula is C14H12ClN5O5S2. The number of hydrogen-bond acceptors (Lipinski definition) is 9. The van der Waals surface area contributed by atoms with Crippen molar-refractivity contribution < 1.29 is 24.7 Å². The number of carbonyl (C=O) groups is 3. The normalized spacial score (nSPS) is 22.6. The van der Waals surface area contributed by atoms with Gasteiger partial charge in [0.05, 0.1) is 0 Å². The number of hydrogen-bond donors (Lipinski definition) is 4. The van der Waals surface area contributed by atoms with Crippen LogP contribution in [0.1, 0.15) is 5.69 Å². The summed E-state index contributed by atoms with van der Waals surface area (Å²) in [5.74, 6) is -2.38. The molecule has 1 saturated heterocycles. The Labute approximate surface area is 165 Å². The van der Waals surface area contributed by atoms with Crippen LogP contribution in [0, 0.1) is 0 Å². The first-order chi connectivity index (χ1) is 12.9. The number of nitrogens with two attached hydrogens (primary N) is 1. The summed E-state index contributed by atoms with van der Waals surface area (Å²) in [6.07, 6.45) is 1.41. The van der Waals surface area contributed by atoms with Crippen LogP contribution in [-0.4, -0.2) is 60.9 Å². The maximum atomic E-state index is 12.5. The lowest BCUT2D eigenvalue weighted by atomic mass is 10.0. The van der Waals surface area contributed by atoms with Crippen LogP contribution in [0.25, 0.3) is 0 Å². The third kappa shape index (κ3) is 3.38. The molecule has 0 radical (unpaired) electrons. The number of thioether (sulfide) groups is 1. The van der Waals surface area contributed by atoms with E-state index in [0.717, 1.165) is 16.2 Å². The molecule has 13 heteroatoms. The monoisotopic (exact) mass is 429 g/mol. The van der Waals surface area contributed by atoms with Crippen LogP contribution >= 0.6 is 34.7 Å². The van der Waals surface area contributed by atoms with Crippen LogP contribution in [0.5, 0.6) is 0 Å². The Balaban J connectivity index is 1.79. The van der Waals surface area contributed by atoms with Crippen molar-refractivity contribution in [3.63, 3.8) is 0 Å². The molecule has 1 aromatic heterocycles. The first-order valence-electron chi connectivity index (χ1n) is 7.31. The quantitative estimate of drug-likeness (QED) is 0.226. The zero-order valence-corrected chi connectivity index (χ0v) is 15.7. The number of carboxylic acid groups (broad SMARTS) is 1. The van der Waals surface area contributed by atoms with Crippen molar-refractivity contribution in [3.8, 4) is 0 Å². The number of amides is 2. The summed E-state index contributed by atoms with van der Waals surface area (Å²) in [4.78, 5) is 41.3. The molecular weight excluding hydrogens is 418 g/mol.